The summed E-state index contributed by atoms with van der Waals surface area (Å²) < 4.78 is 24.2. The van der Waals surface area contributed by atoms with Crippen LogP contribution in [0.15, 0.2) is 18.7 Å². The lowest BCUT2D eigenvalue weighted by molar-refractivity contribution is 0.604. The highest BCUT2D eigenvalue weighted by Gasteiger charge is 2.08. The summed E-state index contributed by atoms with van der Waals surface area (Å²) in [5.74, 6) is -0.581. The zero-order chi connectivity index (χ0) is 9.73. The molecule has 1 N–H and O–H groups in total. The van der Waals surface area contributed by atoms with E-state index in [1.165, 1.54) is 24.8 Å². The molecule has 0 saturated heterocycles. The third-order valence-corrected chi connectivity index (χ3v) is 2.14. The maximum absolute atomic E-state index is 11.0. The molecule has 0 atom stereocenters. The summed E-state index contributed by atoms with van der Waals surface area (Å²) >= 11 is 0. The van der Waals surface area contributed by atoms with E-state index in [0.29, 0.717) is 0 Å². The van der Waals surface area contributed by atoms with Gasteiger partial charge in [0.2, 0.25) is 10.0 Å². The minimum Gasteiger partial charge on any atom is -0.280 e. The number of nitrogens with zero attached hydrogens (tertiary/aromatic N) is 3. The Bertz CT molecular complexity index is 408. The second-order valence-electron chi connectivity index (χ2n) is 2.15. The number of rotatable bonds is 3. The van der Waals surface area contributed by atoms with Crippen LogP contribution in [0.4, 0.5) is 5.69 Å². The number of nitriles is 1. The number of nitrogens with one attached hydrogen (secondary N) is 1. The van der Waals surface area contributed by atoms with Crippen LogP contribution in [-0.4, -0.2) is 24.1 Å². The normalized spacial score (nSPS) is 10.4. The predicted octanol–water partition coefficient (Wildman–Crippen LogP) is -0.258. The fourth-order valence-corrected chi connectivity index (χ4v) is 1.36. The van der Waals surface area contributed by atoms with Crippen LogP contribution in [0.1, 0.15) is 0 Å². The Hall–Kier alpha value is -1.68. The molecule has 0 aliphatic carbocycles. The zero-order valence-corrected chi connectivity index (χ0v) is 7.32. The van der Waals surface area contributed by atoms with E-state index in [1.807, 2.05) is 0 Å². The Balaban J connectivity index is 2.77. The highest BCUT2D eigenvalue weighted by atomic mass is 32.2. The third-order valence-electron chi connectivity index (χ3n) is 1.09. The average Bonchev–Trinajstić information content (AvgIpc) is 2.04. The van der Waals surface area contributed by atoms with E-state index in [1.54, 1.807) is 0 Å². The number of hydrogen-bond donors (Lipinski definition) is 1. The van der Waals surface area contributed by atoms with Crippen LogP contribution in [0.2, 0.25) is 0 Å². The van der Waals surface area contributed by atoms with Crippen molar-refractivity contribution in [2.75, 3.05) is 10.5 Å². The fourth-order valence-electron chi connectivity index (χ4n) is 0.652. The van der Waals surface area contributed by atoms with Gasteiger partial charge in [0.25, 0.3) is 0 Å². The molecule has 13 heavy (non-hydrogen) atoms. The van der Waals surface area contributed by atoms with Gasteiger partial charge in [-0.05, 0) is 0 Å². The SMILES string of the molecule is N#CCS(=O)(=O)Nc1cncnc1. The van der Waals surface area contributed by atoms with Gasteiger partial charge in [0.1, 0.15) is 6.33 Å². The summed E-state index contributed by atoms with van der Waals surface area (Å²) in [5.41, 5.74) is 0.248. The van der Waals surface area contributed by atoms with Gasteiger partial charge in [-0.2, -0.15) is 5.26 Å². The lowest BCUT2D eigenvalue weighted by atomic mass is 10.6. The maximum atomic E-state index is 11.0. The van der Waals surface area contributed by atoms with Crippen LogP contribution in [-0.2, 0) is 10.0 Å². The van der Waals surface area contributed by atoms with Gasteiger partial charge in [-0.1, -0.05) is 0 Å². The van der Waals surface area contributed by atoms with Crippen LogP contribution in [0.25, 0.3) is 0 Å². The molecule has 0 spiro atoms. The highest BCUT2D eigenvalue weighted by molar-refractivity contribution is 7.92. The van der Waals surface area contributed by atoms with E-state index < -0.39 is 15.8 Å². The lowest BCUT2D eigenvalue weighted by Crippen LogP contribution is -2.15. The number of aromatic nitrogens is 2. The van der Waals surface area contributed by atoms with E-state index in [2.05, 4.69) is 14.7 Å². The fraction of sp³-hybridized carbons (Fsp3) is 0.167. The van der Waals surface area contributed by atoms with Crippen molar-refractivity contribution in [2.24, 2.45) is 0 Å². The van der Waals surface area contributed by atoms with Gasteiger partial charge >= 0.3 is 0 Å². The summed E-state index contributed by atoms with van der Waals surface area (Å²) in [4.78, 5) is 7.22. The molecule has 1 aromatic heterocycles. The molecular formula is C6H6N4O2S. The number of sulfonamides is 1. The van der Waals surface area contributed by atoms with E-state index in [9.17, 15) is 8.42 Å². The summed E-state index contributed by atoms with van der Waals surface area (Å²) in [6, 6.07) is 1.54. The minimum absolute atomic E-state index is 0.248. The summed E-state index contributed by atoms with van der Waals surface area (Å²) in [7, 11) is -3.58. The molecule has 0 aliphatic heterocycles. The molecule has 0 fully saturated rings. The lowest BCUT2D eigenvalue weighted by Gasteiger charge is -2.01. The van der Waals surface area contributed by atoms with E-state index in [0.717, 1.165) is 0 Å². The highest BCUT2D eigenvalue weighted by Crippen LogP contribution is 2.03. The molecule has 0 aromatic carbocycles. The quantitative estimate of drug-likeness (QED) is 0.721. The third kappa shape index (κ3) is 3.04. The number of hydrogen-bond acceptors (Lipinski definition) is 5. The predicted molar refractivity (Wildman–Crippen MR) is 45.1 cm³/mol. The molecule has 0 radical (unpaired) electrons. The molecular weight excluding hydrogens is 192 g/mol. The first-order valence-electron chi connectivity index (χ1n) is 3.26. The first-order valence-corrected chi connectivity index (χ1v) is 4.92. The van der Waals surface area contributed by atoms with Gasteiger partial charge in [-0.3, -0.25) is 4.72 Å². The van der Waals surface area contributed by atoms with Crippen LogP contribution < -0.4 is 4.72 Å². The molecule has 6 nitrogen and oxygen atoms in total. The topological polar surface area (TPSA) is 95.7 Å². The van der Waals surface area contributed by atoms with E-state index >= 15 is 0 Å². The van der Waals surface area contributed by atoms with Crippen LogP contribution >= 0.6 is 0 Å². The minimum atomic E-state index is -3.58. The Morgan fingerprint density at radius 2 is 2.08 bits per heavy atom. The molecule has 0 amide bonds. The van der Waals surface area contributed by atoms with Crippen molar-refractivity contribution in [1.82, 2.24) is 9.97 Å². The van der Waals surface area contributed by atoms with E-state index in [4.69, 9.17) is 5.26 Å². The standard InChI is InChI=1S/C6H6N4O2S/c7-1-2-13(11,12)10-6-3-8-5-9-4-6/h3-5,10H,2H2. The molecule has 0 aliphatic rings. The Labute approximate surface area is 75.3 Å². The van der Waals surface area contributed by atoms with Crippen molar-refractivity contribution in [3.05, 3.63) is 18.7 Å². The largest absolute Gasteiger partial charge is 0.280 e. The number of anilines is 1. The first kappa shape index (κ1) is 9.41. The summed E-state index contributed by atoms with van der Waals surface area (Å²) in [6.45, 7) is 0. The molecule has 1 heterocycles. The maximum Gasteiger partial charge on any atom is 0.246 e. The van der Waals surface area contributed by atoms with Crippen molar-refractivity contribution in [3.8, 4) is 6.07 Å². The molecule has 0 saturated carbocycles. The van der Waals surface area contributed by atoms with Gasteiger partial charge in [-0.15, -0.1) is 0 Å². The van der Waals surface area contributed by atoms with Gasteiger partial charge in [0.05, 0.1) is 24.2 Å². The second-order valence-corrected chi connectivity index (χ2v) is 3.87. The van der Waals surface area contributed by atoms with Crippen molar-refractivity contribution in [2.45, 2.75) is 0 Å². The zero-order valence-electron chi connectivity index (χ0n) is 6.51. The van der Waals surface area contributed by atoms with Crippen molar-refractivity contribution in [3.63, 3.8) is 0 Å². The molecule has 1 aromatic rings. The van der Waals surface area contributed by atoms with Crippen molar-refractivity contribution < 1.29 is 8.42 Å². The van der Waals surface area contributed by atoms with Gasteiger partial charge in [0, 0.05) is 0 Å². The molecule has 0 bridgehead atoms. The van der Waals surface area contributed by atoms with Crippen LogP contribution in [0.5, 0.6) is 0 Å². The van der Waals surface area contributed by atoms with Crippen LogP contribution in [0.3, 0.4) is 0 Å². The van der Waals surface area contributed by atoms with Crippen molar-refractivity contribution >= 4 is 15.7 Å². The van der Waals surface area contributed by atoms with Gasteiger partial charge in [0.15, 0.2) is 5.75 Å². The second kappa shape index (κ2) is 3.82. The molecule has 1 rings (SSSR count). The summed E-state index contributed by atoms with van der Waals surface area (Å²) in [6.07, 6.45) is 3.89. The first-order chi connectivity index (χ1) is 6.14. The Kier molecular flexibility index (Phi) is 2.76. The summed E-state index contributed by atoms with van der Waals surface area (Å²) in [5, 5.41) is 8.18. The van der Waals surface area contributed by atoms with Crippen molar-refractivity contribution in [1.29, 1.82) is 5.26 Å². The molecule has 7 heteroatoms. The average molecular weight is 198 g/mol. The Morgan fingerprint density at radius 1 is 1.46 bits per heavy atom. The molecule has 0 unspecified atom stereocenters. The van der Waals surface area contributed by atoms with Gasteiger partial charge < -0.3 is 0 Å². The molecule has 68 valence electrons. The van der Waals surface area contributed by atoms with Crippen LogP contribution in [0, 0.1) is 11.3 Å². The van der Waals surface area contributed by atoms with E-state index in [-0.39, 0.29) is 5.69 Å². The van der Waals surface area contributed by atoms with Gasteiger partial charge in [-0.25, -0.2) is 18.4 Å². The Morgan fingerprint density at radius 3 is 2.62 bits per heavy atom. The monoisotopic (exact) mass is 198 g/mol. The smallest absolute Gasteiger partial charge is 0.246 e.